The van der Waals surface area contributed by atoms with Gasteiger partial charge in [0.15, 0.2) is 0 Å². The fourth-order valence-electron chi connectivity index (χ4n) is 3.34. The van der Waals surface area contributed by atoms with Crippen LogP contribution in [-0.4, -0.2) is 39.5 Å². The summed E-state index contributed by atoms with van der Waals surface area (Å²) in [5.41, 5.74) is 3.36. The van der Waals surface area contributed by atoms with Crippen LogP contribution in [0.15, 0.2) is 49.1 Å². The fourth-order valence-corrected chi connectivity index (χ4v) is 3.34. The number of nitrogens with one attached hydrogen (secondary N) is 1. The van der Waals surface area contributed by atoms with Crippen molar-refractivity contribution in [3.63, 3.8) is 0 Å². The molecule has 1 aliphatic heterocycles. The largest absolute Gasteiger partial charge is 0.379 e. The summed E-state index contributed by atoms with van der Waals surface area (Å²) < 4.78 is 7.50. The summed E-state index contributed by atoms with van der Waals surface area (Å²) >= 11 is 0. The second-order valence-corrected chi connectivity index (χ2v) is 6.47. The zero-order valence-corrected chi connectivity index (χ0v) is 14.1. The number of carbonyl (C=O) groups excluding carboxylic acids is 1. The van der Waals surface area contributed by atoms with Crippen molar-refractivity contribution in [2.45, 2.75) is 19.4 Å². The highest BCUT2D eigenvalue weighted by molar-refractivity contribution is 6.00. The molecule has 2 atom stereocenters. The van der Waals surface area contributed by atoms with E-state index in [4.69, 9.17) is 4.74 Å². The first-order chi connectivity index (χ1) is 12.2. The normalized spacial score (nSPS) is 20.0. The lowest BCUT2D eigenvalue weighted by Gasteiger charge is -2.19. The van der Waals surface area contributed by atoms with Crippen molar-refractivity contribution >= 4 is 11.6 Å². The third-order valence-corrected chi connectivity index (χ3v) is 4.61. The van der Waals surface area contributed by atoms with Crippen molar-refractivity contribution in [1.82, 2.24) is 19.7 Å². The summed E-state index contributed by atoms with van der Waals surface area (Å²) in [6.45, 7) is 3.11. The van der Waals surface area contributed by atoms with Crippen LogP contribution in [0, 0.1) is 12.8 Å². The van der Waals surface area contributed by atoms with E-state index in [0.29, 0.717) is 24.4 Å². The van der Waals surface area contributed by atoms with Crippen LogP contribution in [0.5, 0.6) is 0 Å². The Bertz CT molecular complexity index is 891. The van der Waals surface area contributed by atoms with Gasteiger partial charge < -0.3 is 14.5 Å². The van der Waals surface area contributed by atoms with Crippen LogP contribution in [0.1, 0.15) is 21.6 Å². The second kappa shape index (κ2) is 6.64. The molecule has 0 saturated carbocycles. The Morgan fingerprint density at radius 3 is 3.00 bits per heavy atom. The number of carbonyl (C=O) groups is 1. The van der Waals surface area contributed by atoms with Gasteiger partial charge in [-0.2, -0.15) is 0 Å². The molecule has 6 nitrogen and oxygen atoms in total. The number of hydrogen-bond donors (Lipinski definition) is 1. The van der Waals surface area contributed by atoms with E-state index in [9.17, 15) is 4.79 Å². The van der Waals surface area contributed by atoms with Crippen LogP contribution in [-0.2, 0) is 11.2 Å². The molecule has 0 unspecified atom stereocenters. The monoisotopic (exact) mass is 336 g/mol. The number of amides is 1. The first-order valence-corrected chi connectivity index (χ1v) is 8.42. The van der Waals surface area contributed by atoms with Gasteiger partial charge in [0.1, 0.15) is 5.65 Å². The van der Waals surface area contributed by atoms with E-state index in [-0.39, 0.29) is 17.9 Å². The van der Waals surface area contributed by atoms with Crippen LogP contribution in [0.25, 0.3) is 5.65 Å². The molecule has 1 amide bonds. The molecule has 0 radical (unpaired) electrons. The molecule has 0 spiro atoms. The molecule has 3 aromatic rings. The number of ether oxygens (including phenoxy) is 1. The van der Waals surface area contributed by atoms with Gasteiger partial charge in [0.2, 0.25) is 0 Å². The lowest BCUT2D eigenvalue weighted by atomic mass is 9.95. The number of imidazole rings is 1. The highest BCUT2D eigenvalue weighted by Crippen LogP contribution is 2.20. The van der Waals surface area contributed by atoms with Crippen LogP contribution in [0.3, 0.4) is 0 Å². The summed E-state index contributed by atoms with van der Waals surface area (Å²) in [5, 5.41) is 3.13. The first-order valence-electron chi connectivity index (χ1n) is 8.42. The SMILES string of the molecule is Cc1cn2cccc(C(=O)N[C@@H]3COC[C@H]3Cc3ccncc3)c2n1. The third kappa shape index (κ3) is 3.25. The van der Waals surface area contributed by atoms with Crippen LogP contribution in [0.4, 0.5) is 0 Å². The second-order valence-electron chi connectivity index (χ2n) is 6.47. The van der Waals surface area contributed by atoms with E-state index in [1.54, 1.807) is 12.4 Å². The maximum Gasteiger partial charge on any atom is 0.255 e. The minimum atomic E-state index is -0.105. The topological polar surface area (TPSA) is 68.5 Å². The van der Waals surface area contributed by atoms with Crippen molar-refractivity contribution in [2.24, 2.45) is 5.92 Å². The molecule has 4 rings (SSSR count). The molecule has 4 heterocycles. The van der Waals surface area contributed by atoms with E-state index in [1.165, 1.54) is 5.56 Å². The molecule has 3 aromatic heterocycles. The van der Waals surface area contributed by atoms with Gasteiger partial charge in [-0.3, -0.25) is 9.78 Å². The summed E-state index contributed by atoms with van der Waals surface area (Å²) in [5.74, 6) is 0.152. The van der Waals surface area contributed by atoms with E-state index in [0.717, 1.165) is 12.1 Å². The first kappa shape index (κ1) is 15.8. The Morgan fingerprint density at radius 2 is 2.16 bits per heavy atom. The average Bonchev–Trinajstić information content (AvgIpc) is 3.20. The standard InChI is InChI=1S/C19H20N4O2/c1-13-10-23-8-2-3-16(18(23)21-13)19(24)22-17-12-25-11-15(17)9-14-4-6-20-7-5-14/h2-8,10,15,17H,9,11-12H2,1H3,(H,22,24)/t15-,17-/m1/s1. The molecule has 1 aliphatic rings. The molecule has 0 bridgehead atoms. The third-order valence-electron chi connectivity index (χ3n) is 4.61. The Labute approximate surface area is 145 Å². The molecule has 25 heavy (non-hydrogen) atoms. The zero-order chi connectivity index (χ0) is 17.2. The van der Waals surface area contributed by atoms with Crippen LogP contribution in [0.2, 0.25) is 0 Å². The maximum atomic E-state index is 12.8. The minimum Gasteiger partial charge on any atom is -0.379 e. The highest BCUT2D eigenvalue weighted by Gasteiger charge is 2.30. The van der Waals surface area contributed by atoms with E-state index in [1.807, 2.05) is 48.0 Å². The Morgan fingerprint density at radius 1 is 1.32 bits per heavy atom. The van der Waals surface area contributed by atoms with Gasteiger partial charge in [0, 0.05) is 30.7 Å². The summed E-state index contributed by atoms with van der Waals surface area (Å²) in [7, 11) is 0. The predicted molar refractivity (Wildman–Crippen MR) is 93.4 cm³/mol. The lowest BCUT2D eigenvalue weighted by molar-refractivity contribution is 0.0926. The van der Waals surface area contributed by atoms with Crippen molar-refractivity contribution in [2.75, 3.05) is 13.2 Å². The van der Waals surface area contributed by atoms with E-state index in [2.05, 4.69) is 15.3 Å². The smallest absolute Gasteiger partial charge is 0.255 e. The van der Waals surface area contributed by atoms with Gasteiger partial charge in [0.05, 0.1) is 30.5 Å². The molecule has 6 heteroatoms. The fraction of sp³-hybridized carbons (Fsp3) is 0.316. The number of hydrogen-bond acceptors (Lipinski definition) is 4. The maximum absolute atomic E-state index is 12.8. The van der Waals surface area contributed by atoms with E-state index >= 15 is 0 Å². The highest BCUT2D eigenvalue weighted by atomic mass is 16.5. The summed E-state index contributed by atoms with van der Waals surface area (Å²) in [6.07, 6.45) is 8.26. The van der Waals surface area contributed by atoms with Crippen molar-refractivity contribution in [3.05, 3.63) is 65.9 Å². The number of fused-ring (bicyclic) bond motifs is 1. The van der Waals surface area contributed by atoms with Crippen molar-refractivity contribution in [1.29, 1.82) is 0 Å². The predicted octanol–water partition coefficient (Wildman–Crippen LogP) is 2.03. The molecular formula is C19H20N4O2. The van der Waals surface area contributed by atoms with Gasteiger partial charge >= 0.3 is 0 Å². The minimum absolute atomic E-state index is 0.00280. The summed E-state index contributed by atoms with van der Waals surface area (Å²) in [4.78, 5) is 21.3. The molecule has 1 saturated heterocycles. The van der Waals surface area contributed by atoms with E-state index < -0.39 is 0 Å². The molecule has 1 N–H and O–H groups in total. The van der Waals surface area contributed by atoms with Crippen molar-refractivity contribution < 1.29 is 9.53 Å². The Kier molecular flexibility index (Phi) is 4.19. The van der Waals surface area contributed by atoms with Gasteiger partial charge in [-0.15, -0.1) is 0 Å². The van der Waals surface area contributed by atoms with Crippen molar-refractivity contribution in [3.8, 4) is 0 Å². The molecule has 0 aliphatic carbocycles. The molecule has 1 fully saturated rings. The van der Waals surface area contributed by atoms with Gasteiger partial charge in [0.25, 0.3) is 5.91 Å². The number of nitrogens with zero attached hydrogens (tertiary/aromatic N) is 3. The molecule has 0 aromatic carbocycles. The quantitative estimate of drug-likeness (QED) is 0.791. The van der Waals surface area contributed by atoms with Gasteiger partial charge in [-0.1, -0.05) is 0 Å². The Hall–Kier alpha value is -2.73. The number of aromatic nitrogens is 3. The Balaban J connectivity index is 1.51. The number of rotatable bonds is 4. The average molecular weight is 336 g/mol. The number of pyridine rings is 2. The summed E-state index contributed by atoms with van der Waals surface area (Å²) in [6, 6.07) is 7.68. The van der Waals surface area contributed by atoms with Crippen LogP contribution < -0.4 is 5.32 Å². The van der Waals surface area contributed by atoms with Gasteiger partial charge in [-0.25, -0.2) is 4.98 Å². The number of aryl methyl sites for hydroxylation is 1. The van der Waals surface area contributed by atoms with Crippen LogP contribution >= 0.6 is 0 Å². The molecular weight excluding hydrogens is 316 g/mol. The molecule has 128 valence electrons. The lowest BCUT2D eigenvalue weighted by Crippen LogP contribution is -2.40. The van der Waals surface area contributed by atoms with Gasteiger partial charge in [-0.05, 0) is 43.2 Å². The zero-order valence-electron chi connectivity index (χ0n) is 14.1.